The van der Waals surface area contributed by atoms with Crippen LogP contribution in [0.2, 0.25) is 5.02 Å². The maximum Gasteiger partial charge on any atom is 0.573 e. The van der Waals surface area contributed by atoms with Crippen molar-refractivity contribution in [3.05, 3.63) is 64.7 Å². The van der Waals surface area contributed by atoms with Gasteiger partial charge in [-0.2, -0.15) is 0 Å². The van der Waals surface area contributed by atoms with E-state index in [0.717, 1.165) is 5.56 Å². The molecular weight excluding hydrogens is 326 g/mol. The van der Waals surface area contributed by atoms with Gasteiger partial charge in [0.2, 0.25) is 0 Å². The van der Waals surface area contributed by atoms with Crippen LogP contribution in [0.25, 0.3) is 0 Å². The predicted molar refractivity (Wildman–Crippen MR) is 77.9 cm³/mol. The first-order valence-electron chi connectivity index (χ1n) is 5.72. The lowest BCUT2D eigenvalue weighted by atomic mass is 10.00. The van der Waals surface area contributed by atoms with Gasteiger partial charge in [0.1, 0.15) is 5.75 Å². The van der Waals surface area contributed by atoms with Crippen LogP contribution >= 0.6 is 24.0 Å². The van der Waals surface area contributed by atoms with Crippen LogP contribution in [-0.2, 0) is 0 Å². The highest BCUT2D eigenvalue weighted by atomic mass is 35.5. The van der Waals surface area contributed by atoms with Gasteiger partial charge in [0.05, 0.1) is 6.04 Å². The highest BCUT2D eigenvalue weighted by molar-refractivity contribution is 6.30. The van der Waals surface area contributed by atoms with Gasteiger partial charge in [0.15, 0.2) is 0 Å². The van der Waals surface area contributed by atoms with E-state index in [-0.39, 0.29) is 18.2 Å². The van der Waals surface area contributed by atoms with Crippen molar-refractivity contribution in [1.29, 1.82) is 0 Å². The fraction of sp³-hybridized carbons (Fsp3) is 0.143. The van der Waals surface area contributed by atoms with Crippen LogP contribution in [0.5, 0.6) is 5.75 Å². The van der Waals surface area contributed by atoms with E-state index in [1.165, 1.54) is 24.3 Å². The molecule has 7 heteroatoms. The van der Waals surface area contributed by atoms with Crippen molar-refractivity contribution < 1.29 is 17.9 Å². The number of rotatable bonds is 3. The van der Waals surface area contributed by atoms with E-state index in [2.05, 4.69) is 4.74 Å². The molecule has 0 radical (unpaired) electrons. The van der Waals surface area contributed by atoms with Crippen LogP contribution in [0.4, 0.5) is 13.2 Å². The van der Waals surface area contributed by atoms with Crippen molar-refractivity contribution in [2.24, 2.45) is 5.73 Å². The third-order valence-electron chi connectivity index (χ3n) is 2.68. The molecule has 21 heavy (non-hydrogen) atoms. The summed E-state index contributed by atoms with van der Waals surface area (Å²) in [6.45, 7) is 0. The summed E-state index contributed by atoms with van der Waals surface area (Å²) < 4.78 is 39.9. The molecule has 0 aliphatic heterocycles. The Hall–Kier alpha value is -1.43. The number of ether oxygens (including phenoxy) is 1. The van der Waals surface area contributed by atoms with Gasteiger partial charge >= 0.3 is 6.36 Å². The number of nitrogens with two attached hydrogens (primary N) is 1. The Kier molecular flexibility index (Phi) is 5.89. The van der Waals surface area contributed by atoms with E-state index in [4.69, 9.17) is 17.3 Å². The second-order valence-corrected chi connectivity index (χ2v) is 4.59. The number of hydrogen-bond donors (Lipinski definition) is 1. The molecule has 0 aliphatic rings. The van der Waals surface area contributed by atoms with E-state index in [1.54, 1.807) is 24.3 Å². The summed E-state index contributed by atoms with van der Waals surface area (Å²) in [4.78, 5) is 0. The quantitative estimate of drug-likeness (QED) is 0.880. The Morgan fingerprint density at radius 2 is 1.62 bits per heavy atom. The molecule has 0 unspecified atom stereocenters. The molecule has 0 aromatic heterocycles. The molecule has 0 spiro atoms. The second kappa shape index (κ2) is 7.02. The predicted octanol–water partition coefficient (Wildman–Crippen LogP) is 4.71. The molecule has 114 valence electrons. The van der Waals surface area contributed by atoms with Gasteiger partial charge in [-0.15, -0.1) is 25.6 Å². The van der Waals surface area contributed by atoms with Crippen molar-refractivity contribution >= 4 is 24.0 Å². The fourth-order valence-corrected chi connectivity index (χ4v) is 1.97. The maximum atomic E-state index is 12.0. The summed E-state index contributed by atoms with van der Waals surface area (Å²) >= 11 is 5.87. The zero-order valence-corrected chi connectivity index (χ0v) is 12.2. The SMILES string of the molecule is Cl.N[C@@H](c1ccc(OC(F)(F)F)cc1)c1cccc(Cl)c1. The van der Waals surface area contributed by atoms with Gasteiger partial charge in [-0.25, -0.2) is 0 Å². The third kappa shape index (κ3) is 5.12. The van der Waals surface area contributed by atoms with E-state index < -0.39 is 12.4 Å². The number of hydrogen-bond acceptors (Lipinski definition) is 2. The molecule has 2 nitrogen and oxygen atoms in total. The zero-order chi connectivity index (χ0) is 14.8. The molecule has 2 N–H and O–H groups in total. The van der Waals surface area contributed by atoms with Gasteiger partial charge in [-0.05, 0) is 35.4 Å². The summed E-state index contributed by atoms with van der Waals surface area (Å²) in [6, 6.07) is 12.0. The summed E-state index contributed by atoms with van der Waals surface area (Å²) in [6.07, 6.45) is -4.70. The monoisotopic (exact) mass is 337 g/mol. The first kappa shape index (κ1) is 17.6. The van der Waals surface area contributed by atoms with Crippen LogP contribution in [0.3, 0.4) is 0 Å². The summed E-state index contributed by atoms with van der Waals surface area (Å²) in [5, 5.41) is 0.551. The Morgan fingerprint density at radius 3 is 2.14 bits per heavy atom. The topological polar surface area (TPSA) is 35.2 Å². The largest absolute Gasteiger partial charge is 0.573 e. The normalized spacial score (nSPS) is 12.4. The Morgan fingerprint density at radius 1 is 1.00 bits per heavy atom. The smallest absolute Gasteiger partial charge is 0.406 e. The van der Waals surface area contributed by atoms with Gasteiger partial charge in [0.25, 0.3) is 0 Å². The summed E-state index contributed by atoms with van der Waals surface area (Å²) in [5.41, 5.74) is 7.49. The molecule has 2 aromatic rings. The van der Waals surface area contributed by atoms with Crippen LogP contribution in [0, 0.1) is 0 Å². The van der Waals surface area contributed by atoms with Gasteiger partial charge in [-0.1, -0.05) is 35.9 Å². The molecular formula is C14H12Cl2F3NO. The van der Waals surface area contributed by atoms with Crippen LogP contribution in [0.1, 0.15) is 17.2 Å². The molecule has 0 bridgehead atoms. The van der Waals surface area contributed by atoms with Gasteiger partial charge in [0, 0.05) is 5.02 Å². The molecule has 0 aliphatic carbocycles. The number of halogens is 5. The van der Waals surface area contributed by atoms with Crippen LogP contribution < -0.4 is 10.5 Å². The van der Waals surface area contributed by atoms with Crippen molar-refractivity contribution in [3.63, 3.8) is 0 Å². The zero-order valence-electron chi connectivity index (χ0n) is 10.6. The summed E-state index contributed by atoms with van der Waals surface area (Å²) in [5.74, 6) is -0.278. The highest BCUT2D eigenvalue weighted by Crippen LogP contribution is 2.26. The highest BCUT2D eigenvalue weighted by Gasteiger charge is 2.31. The fourth-order valence-electron chi connectivity index (χ4n) is 1.77. The second-order valence-electron chi connectivity index (χ2n) is 4.15. The standard InChI is InChI=1S/C14H11ClF3NO.ClH/c15-11-3-1-2-10(8-11)13(19)9-4-6-12(7-5-9)20-14(16,17)18;/h1-8,13H,19H2;1H/t13-;/m0./s1. The Bertz CT molecular complexity index is 588. The first-order valence-corrected chi connectivity index (χ1v) is 6.10. The molecule has 0 fully saturated rings. The lowest BCUT2D eigenvalue weighted by molar-refractivity contribution is -0.274. The van der Waals surface area contributed by atoms with Gasteiger partial charge in [-0.3, -0.25) is 0 Å². The molecule has 0 amide bonds. The van der Waals surface area contributed by atoms with Gasteiger partial charge < -0.3 is 10.5 Å². The van der Waals surface area contributed by atoms with Crippen LogP contribution in [-0.4, -0.2) is 6.36 Å². The van der Waals surface area contributed by atoms with E-state index in [1.807, 2.05) is 0 Å². The molecule has 0 heterocycles. The van der Waals surface area contributed by atoms with Crippen molar-refractivity contribution in [2.45, 2.75) is 12.4 Å². The van der Waals surface area contributed by atoms with E-state index in [9.17, 15) is 13.2 Å². The number of benzene rings is 2. The van der Waals surface area contributed by atoms with Crippen molar-refractivity contribution in [1.82, 2.24) is 0 Å². The number of alkyl halides is 3. The summed E-state index contributed by atoms with van der Waals surface area (Å²) in [7, 11) is 0. The minimum absolute atomic E-state index is 0. The molecule has 2 rings (SSSR count). The third-order valence-corrected chi connectivity index (χ3v) is 2.92. The maximum absolute atomic E-state index is 12.0. The van der Waals surface area contributed by atoms with E-state index in [0.29, 0.717) is 10.6 Å². The molecule has 0 saturated carbocycles. The average Bonchev–Trinajstić information content (AvgIpc) is 2.37. The lowest BCUT2D eigenvalue weighted by Crippen LogP contribution is -2.17. The van der Waals surface area contributed by atoms with Crippen molar-refractivity contribution in [2.75, 3.05) is 0 Å². The minimum Gasteiger partial charge on any atom is -0.406 e. The first-order chi connectivity index (χ1) is 9.35. The molecule has 0 saturated heterocycles. The average molecular weight is 338 g/mol. The van der Waals surface area contributed by atoms with Crippen molar-refractivity contribution in [3.8, 4) is 5.75 Å². The van der Waals surface area contributed by atoms with E-state index >= 15 is 0 Å². The lowest BCUT2D eigenvalue weighted by Gasteiger charge is -2.14. The van der Waals surface area contributed by atoms with Crippen LogP contribution in [0.15, 0.2) is 48.5 Å². The Labute approximate surface area is 131 Å². The molecule has 1 atom stereocenters. The minimum atomic E-state index is -4.70. The Balaban J connectivity index is 0.00000220. The molecule has 2 aromatic carbocycles.